The van der Waals surface area contributed by atoms with Gasteiger partial charge in [0.1, 0.15) is 5.75 Å². The number of nitrogens with zero attached hydrogens (tertiary/aromatic N) is 1. The average Bonchev–Trinajstić information content (AvgIpc) is 2.41. The summed E-state index contributed by atoms with van der Waals surface area (Å²) in [6, 6.07) is 8.15. The number of methoxy groups -OCH3 is 1. The summed E-state index contributed by atoms with van der Waals surface area (Å²) in [5.41, 5.74) is 7.01. The molecule has 2 rings (SSSR count). The van der Waals surface area contributed by atoms with Crippen molar-refractivity contribution in [1.29, 1.82) is 0 Å². The predicted octanol–water partition coefficient (Wildman–Crippen LogP) is 2.58. The van der Waals surface area contributed by atoms with E-state index < -0.39 is 0 Å². The molecule has 5 nitrogen and oxygen atoms in total. The van der Waals surface area contributed by atoms with E-state index in [1.54, 1.807) is 36.5 Å². The van der Waals surface area contributed by atoms with Gasteiger partial charge in [0.2, 0.25) is 0 Å². The minimum absolute atomic E-state index is 0.234. The summed E-state index contributed by atoms with van der Waals surface area (Å²) < 4.78 is 5.03. The zero-order valence-electron chi connectivity index (χ0n) is 10.2. The van der Waals surface area contributed by atoms with Gasteiger partial charge in [0.25, 0.3) is 5.91 Å². The van der Waals surface area contributed by atoms with Crippen molar-refractivity contribution >= 4 is 28.9 Å². The average molecular weight is 278 g/mol. The Hall–Kier alpha value is -2.27. The van der Waals surface area contributed by atoms with Crippen molar-refractivity contribution < 1.29 is 9.53 Å². The maximum absolute atomic E-state index is 12.0. The van der Waals surface area contributed by atoms with Gasteiger partial charge < -0.3 is 15.8 Å². The van der Waals surface area contributed by atoms with Gasteiger partial charge in [-0.05, 0) is 30.3 Å². The van der Waals surface area contributed by atoms with Crippen LogP contribution in [0.2, 0.25) is 5.15 Å². The molecule has 0 unspecified atom stereocenters. The molecule has 98 valence electrons. The fourth-order valence-corrected chi connectivity index (χ4v) is 1.72. The van der Waals surface area contributed by atoms with Crippen molar-refractivity contribution in [3.8, 4) is 5.75 Å². The van der Waals surface area contributed by atoms with E-state index in [0.29, 0.717) is 22.7 Å². The van der Waals surface area contributed by atoms with Crippen molar-refractivity contribution in [3.05, 3.63) is 47.2 Å². The molecule has 3 N–H and O–H groups in total. The zero-order chi connectivity index (χ0) is 13.8. The molecule has 6 heteroatoms. The second kappa shape index (κ2) is 5.58. The Labute approximate surface area is 115 Å². The molecule has 2 aromatic rings. The Morgan fingerprint density at radius 3 is 2.84 bits per heavy atom. The van der Waals surface area contributed by atoms with Crippen molar-refractivity contribution in [1.82, 2.24) is 4.98 Å². The summed E-state index contributed by atoms with van der Waals surface area (Å²) in [6.45, 7) is 0. The maximum Gasteiger partial charge on any atom is 0.255 e. The Kier molecular flexibility index (Phi) is 3.87. The first kappa shape index (κ1) is 13.2. The zero-order valence-corrected chi connectivity index (χ0v) is 10.9. The summed E-state index contributed by atoms with van der Waals surface area (Å²) in [5.74, 6) is 0.209. The number of nitrogens with one attached hydrogen (secondary N) is 1. The number of carbonyl (C=O) groups excluding carboxylic acids is 1. The van der Waals surface area contributed by atoms with Gasteiger partial charge >= 0.3 is 0 Å². The number of pyridine rings is 1. The molecule has 0 saturated heterocycles. The lowest BCUT2D eigenvalue weighted by Crippen LogP contribution is -2.13. The van der Waals surface area contributed by atoms with Crippen LogP contribution in [0.1, 0.15) is 10.4 Å². The van der Waals surface area contributed by atoms with Crippen LogP contribution in [-0.2, 0) is 0 Å². The van der Waals surface area contributed by atoms with Gasteiger partial charge in [0.15, 0.2) is 5.15 Å². The number of hydrogen-bond acceptors (Lipinski definition) is 4. The van der Waals surface area contributed by atoms with Crippen molar-refractivity contribution in [3.63, 3.8) is 0 Å². The third-order valence-electron chi connectivity index (χ3n) is 2.50. The van der Waals surface area contributed by atoms with E-state index in [-0.39, 0.29) is 11.1 Å². The molecule has 0 fully saturated rings. The maximum atomic E-state index is 12.0. The fourth-order valence-electron chi connectivity index (χ4n) is 1.55. The molecular weight excluding hydrogens is 266 g/mol. The smallest absolute Gasteiger partial charge is 0.255 e. The lowest BCUT2D eigenvalue weighted by Gasteiger charge is -2.08. The Morgan fingerprint density at radius 1 is 1.42 bits per heavy atom. The number of carbonyl (C=O) groups is 1. The van der Waals surface area contributed by atoms with E-state index in [1.165, 1.54) is 7.11 Å². The van der Waals surface area contributed by atoms with Crippen LogP contribution < -0.4 is 15.8 Å². The van der Waals surface area contributed by atoms with Crippen LogP contribution in [-0.4, -0.2) is 18.0 Å². The highest BCUT2D eigenvalue weighted by molar-refractivity contribution is 6.32. The van der Waals surface area contributed by atoms with Gasteiger partial charge in [-0.15, -0.1) is 0 Å². The number of nitrogen functional groups attached to an aromatic ring is 1. The van der Waals surface area contributed by atoms with Gasteiger partial charge in [-0.1, -0.05) is 11.6 Å². The van der Waals surface area contributed by atoms with Crippen LogP contribution in [0.5, 0.6) is 5.75 Å². The van der Waals surface area contributed by atoms with Crippen molar-refractivity contribution in [2.45, 2.75) is 0 Å². The molecule has 0 atom stereocenters. The highest BCUT2D eigenvalue weighted by atomic mass is 35.5. The summed E-state index contributed by atoms with van der Waals surface area (Å²) in [4.78, 5) is 15.9. The predicted molar refractivity (Wildman–Crippen MR) is 74.6 cm³/mol. The van der Waals surface area contributed by atoms with E-state index in [1.807, 2.05) is 0 Å². The number of amides is 1. The first-order valence-corrected chi connectivity index (χ1v) is 5.85. The van der Waals surface area contributed by atoms with Gasteiger partial charge in [-0.2, -0.15) is 0 Å². The fraction of sp³-hybridized carbons (Fsp3) is 0.0769. The molecule has 19 heavy (non-hydrogen) atoms. The van der Waals surface area contributed by atoms with E-state index in [9.17, 15) is 4.79 Å². The minimum atomic E-state index is -0.316. The van der Waals surface area contributed by atoms with E-state index in [2.05, 4.69) is 10.3 Å². The van der Waals surface area contributed by atoms with Crippen molar-refractivity contribution in [2.75, 3.05) is 18.2 Å². The molecule has 0 aliphatic heterocycles. The van der Waals surface area contributed by atoms with Gasteiger partial charge in [-0.3, -0.25) is 4.79 Å². The lowest BCUT2D eigenvalue weighted by molar-refractivity contribution is 0.102. The second-order valence-electron chi connectivity index (χ2n) is 3.75. The highest BCUT2D eigenvalue weighted by Crippen LogP contribution is 2.23. The van der Waals surface area contributed by atoms with E-state index in [4.69, 9.17) is 22.1 Å². The largest absolute Gasteiger partial charge is 0.495 e. The standard InChI is InChI=1S/C13H12ClN3O2/c1-19-11-5-4-8(7-9(11)15)13(18)17-10-3-2-6-16-12(10)14/h2-7H,15H2,1H3,(H,17,18). The monoisotopic (exact) mass is 277 g/mol. The Morgan fingerprint density at radius 2 is 2.21 bits per heavy atom. The van der Waals surface area contributed by atoms with Crippen LogP contribution in [0, 0.1) is 0 Å². The number of hydrogen-bond donors (Lipinski definition) is 2. The van der Waals surface area contributed by atoms with Crippen LogP contribution in [0.25, 0.3) is 0 Å². The molecule has 1 amide bonds. The molecule has 1 aromatic carbocycles. The number of rotatable bonds is 3. The van der Waals surface area contributed by atoms with Gasteiger partial charge in [0, 0.05) is 11.8 Å². The highest BCUT2D eigenvalue weighted by Gasteiger charge is 2.10. The third kappa shape index (κ3) is 2.95. The SMILES string of the molecule is COc1ccc(C(=O)Nc2cccnc2Cl)cc1N. The molecule has 0 spiro atoms. The van der Waals surface area contributed by atoms with Gasteiger partial charge in [0.05, 0.1) is 18.5 Å². The van der Waals surface area contributed by atoms with Crippen LogP contribution in [0.3, 0.4) is 0 Å². The summed E-state index contributed by atoms with van der Waals surface area (Å²) in [6.07, 6.45) is 1.54. The summed E-state index contributed by atoms with van der Waals surface area (Å²) >= 11 is 5.86. The van der Waals surface area contributed by atoms with Crippen LogP contribution >= 0.6 is 11.6 Å². The normalized spacial score (nSPS) is 10.0. The van der Waals surface area contributed by atoms with Crippen molar-refractivity contribution in [2.24, 2.45) is 0 Å². The second-order valence-corrected chi connectivity index (χ2v) is 4.11. The first-order chi connectivity index (χ1) is 9.11. The number of anilines is 2. The number of aromatic nitrogens is 1. The van der Waals surface area contributed by atoms with Gasteiger partial charge in [-0.25, -0.2) is 4.98 Å². The molecule has 0 radical (unpaired) electrons. The van der Waals surface area contributed by atoms with E-state index >= 15 is 0 Å². The number of nitrogens with two attached hydrogens (primary N) is 1. The van der Waals surface area contributed by atoms with E-state index in [0.717, 1.165) is 0 Å². The third-order valence-corrected chi connectivity index (χ3v) is 2.80. The van der Waals surface area contributed by atoms with Crippen LogP contribution in [0.15, 0.2) is 36.5 Å². The number of benzene rings is 1. The number of halogens is 1. The molecule has 0 aliphatic carbocycles. The molecule has 0 aliphatic rings. The first-order valence-electron chi connectivity index (χ1n) is 5.47. The Bertz CT molecular complexity index is 617. The number of ether oxygens (including phenoxy) is 1. The minimum Gasteiger partial charge on any atom is -0.495 e. The molecule has 1 aromatic heterocycles. The molecule has 1 heterocycles. The molecule has 0 saturated carbocycles. The summed E-state index contributed by atoms with van der Waals surface area (Å²) in [5, 5.41) is 2.90. The quantitative estimate of drug-likeness (QED) is 0.668. The summed E-state index contributed by atoms with van der Waals surface area (Å²) in [7, 11) is 1.51. The lowest BCUT2D eigenvalue weighted by atomic mass is 10.1. The Balaban J connectivity index is 2.21. The topological polar surface area (TPSA) is 77.2 Å². The molecule has 0 bridgehead atoms. The molecular formula is C13H12ClN3O2. The van der Waals surface area contributed by atoms with Crippen LogP contribution in [0.4, 0.5) is 11.4 Å².